The van der Waals surface area contributed by atoms with Crippen molar-refractivity contribution >= 4 is 42.5 Å². The maximum atomic E-state index is 12.3. The summed E-state index contributed by atoms with van der Waals surface area (Å²) in [6, 6.07) is 16.3. The van der Waals surface area contributed by atoms with Crippen molar-refractivity contribution in [3.05, 3.63) is 70.8 Å². The molecule has 0 bridgehead atoms. The van der Waals surface area contributed by atoms with E-state index in [4.69, 9.17) is 0 Å². The van der Waals surface area contributed by atoms with Crippen LogP contribution in [-0.4, -0.2) is 13.4 Å². The zero-order valence-corrected chi connectivity index (χ0v) is 13.9. The van der Waals surface area contributed by atoms with Crippen molar-refractivity contribution < 1.29 is 8.42 Å². The molecule has 112 valence electrons. The van der Waals surface area contributed by atoms with Gasteiger partial charge in [0.15, 0.2) is 0 Å². The van der Waals surface area contributed by atoms with Crippen molar-refractivity contribution in [2.45, 2.75) is 5.75 Å². The van der Waals surface area contributed by atoms with Crippen molar-refractivity contribution in [1.82, 2.24) is 4.98 Å². The number of benzene rings is 2. The van der Waals surface area contributed by atoms with E-state index in [0.717, 1.165) is 15.4 Å². The second-order valence-electron chi connectivity index (χ2n) is 4.84. The van der Waals surface area contributed by atoms with E-state index in [1.807, 2.05) is 36.4 Å². The molecule has 0 aliphatic rings. The SMILES string of the molecule is O=S(=O)(Cc1ccccc1)Nc1ccc(Br)c2cccnc12. The van der Waals surface area contributed by atoms with E-state index in [-0.39, 0.29) is 5.75 Å². The molecule has 0 radical (unpaired) electrons. The van der Waals surface area contributed by atoms with Gasteiger partial charge in [0, 0.05) is 16.1 Å². The predicted molar refractivity (Wildman–Crippen MR) is 92.1 cm³/mol. The van der Waals surface area contributed by atoms with Crippen molar-refractivity contribution in [2.24, 2.45) is 0 Å². The lowest BCUT2D eigenvalue weighted by atomic mass is 10.2. The number of hydrogen-bond donors (Lipinski definition) is 1. The fraction of sp³-hybridized carbons (Fsp3) is 0.0625. The topological polar surface area (TPSA) is 59.1 Å². The molecular formula is C16H13BrN2O2S. The van der Waals surface area contributed by atoms with Gasteiger partial charge in [0.05, 0.1) is 17.0 Å². The van der Waals surface area contributed by atoms with Crippen LogP contribution in [-0.2, 0) is 15.8 Å². The minimum absolute atomic E-state index is 0.0712. The zero-order valence-electron chi connectivity index (χ0n) is 11.5. The number of nitrogens with zero attached hydrogens (tertiary/aromatic N) is 1. The highest BCUT2D eigenvalue weighted by Gasteiger charge is 2.14. The zero-order chi connectivity index (χ0) is 15.6. The lowest BCUT2D eigenvalue weighted by Gasteiger charge is -2.11. The van der Waals surface area contributed by atoms with Gasteiger partial charge in [-0.15, -0.1) is 0 Å². The lowest BCUT2D eigenvalue weighted by molar-refractivity contribution is 0.600. The number of sulfonamides is 1. The molecule has 0 aliphatic heterocycles. The maximum absolute atomic E-state index is 12.3. The minimum atomic E-state index is -3.50. The summed E-state index contributed by atoms with van der Waals surface area (Å²) in [5.74, 6) is -0.0712. The normalized spacial score (nSPS) is 11.5. The quantitative estimate of drug-likeness (QED) is 0.749. The van der Waals surface area contributed by atoms with Crippen LogP contribution in [0.3, 0.4) is 0 Å². The number of pyridine rings is 1. The Hall–Kier alpha value is -1.92. The van der Waals surface area contributed by atoms with Crippen LogP contribution in [0, 0.1) is 0 Å². The second-order valence-corrected chi connectivity index (χ2v) is 7.42. The van der Waals surface area contributed by atoms with E-state index in [0.29, 0.717) is 11.2 Å². The van der Waals surface area contributed by atoms with Crippen molar-refractivity contribution in [2.75, 3.05) is 4.72 Å². The van der Waals surface area contributed by atoms with Crippen molar-refractivity contribution in [3.8, 4) is 0 Å². The highest BCUT2D eigenvalue weighted by atomic mass is 79.9. The van der Waals surface area contributed by atoms with E-state index < -0.39 is 10.0 Å². The average Bonchev–Trinajstić information content (AvgIpc) is 2.51. The van der Waals surface area contributed by atoms with Gasteiger partial charge in [-0.1, -0.05) is 52.3 Å². The summed E-state index contributed by atoms with van der Waals surface area (Å²) in [4.78, 5) is 4.28. The molecule has 0 unspecified atom stereocenters. The molecule has 3 aromatic rings. The molecule has 3 rings (SSSR count). The summed E-state index contributed by atoms with van der Waals surface area (Å²) in [7, 11) is -3.50. The summed E-state index contributed by atoms with van der Waals surface area (Å²) < 4.78 is 28.2. The van der Waals surface area contributed by atoms with Gasteiger partial charge in [-0.3, -0.25) is 9.71 Å². The Morgan fingerprint density at radius 3 is 2.55 bits per heavy atom. The average molecular weight is 377 g/mol. The highest BCUT2D eigenvalue weighted by molar-refractivity contribution is 9.10. The molecule has 0 aliphatic carbocycles. The Bertz CT molecular complexity index is 912. The number of hydrogen-bond acceptors (Lipinski definition) is 3. The number of nitrogens with one attached hydrogen (secondary N) is 1. The molecule has 6 heteroatoms. The first-order valence-electron chi connectivity index (χ1n) is 6.63. The first-order valence-corrected chi connectivity index (χ1v) is 9.07. The number of rotatable bonds is 4. The third-order valence-electron chi connectivity index (χ3n) is 3.18. The molecule has 0 atom stereocenters. The van der Waals surface area contributed by atoms with E-state index in [1.54, 1.807) is 24.4 Å². The fourth-order valence-corrected chi connectivity index (χ4v) is 3.87. The van der Waals surface area contributed by atoms with Gasteiger partial charge in [0.25, 0.3) is 0 Å². The third-order valence-corrected chi connectivity index (χ3v) is 5.12. The predicted octanol–water partition coefficient (Wildman–Crippen LogP) is 3.94. The van der Waals surface area contributed by atoms with Gasteiger partial charge < -0.3 is 0 Å². The molecule has 1 N–H and O–H groups in total. The van der Waals surface area contributed by atoms with Crippen LogP contribution >= 0.6 is 15.9 Å². The Kier molecular flexibility index (Phi) is 4.13. The summed E-state index contributed by atoms with van der Waals surface area (Å²) in [6.45, 7) is 0. The van der Waals surface area contributed by atoms with Crippen molar-refractivity contribution in [3.63, 3.8) is 0 Å². The van der Waals surface area contributed by atoms with E-state index >= 15 is 0 Å². The van der Waals surface area contributed by atoms with Gasteiger partial charge in [-0.2, -0.15) is 0 Å². The van der Waals surface area contributed by atoms with Gasteiger partial charge in [0.2, 0.25) is 10.0 Å². The third kappa shape index (κ3) is 3.28. The number of fused-ring (bicyclic) bond motifs is 1. The summed E-state index contributed by atoms with van der Waals surface area (Å²) >= 11 is 3.45. The fourth-order valence-electron chi connectivity index (χ4n) is 2.22. The van der Waals surface area contributed by atoms with E-state index in [1.165, 1.54) is 0 Å². The monoisotopic (exact) mass is 376 g/mol. The molecule has 0 amide bonds. The molecule has 0 spiro atoms. The highest BCUT2D eigenvalue weighted by Crippen LogP contribution is 2.29. The Labute approximate surface area is 137 Å². The molecule has 22 heavy (non-hydrogen) atoms. The molecular weight excluding hydrogens is 364 g/mol. The van der Waals surface area contributed by atoms with Crippen LogP contribution in [0.2, 0.25) is 0 Å². The number of aromatic nitrogens is 1. The van der Waals surface area contributed by atoms with Crippen LogP contribution in [0.1, 0.15) is 5.56 Å². The Morgan fingerprint density at radius 2 is 1.77 bits per heavy atom. The maximum Gasteiger partial charge on any atom is 0.236 e. The van der Waals surface area contributed by atoms with Crippen LogP contribution in [0.15, 0.2) is 65.3 Å². The van der Waals surface area contributed by atoms with Crippen molar-refractivity contribution in [1.29, 1.82) is 0 Å². The van der Waals surface area contributed by atoms with Crippen LogP contribution < -0.4 is 4.72 Å². The second kappa shape index (κ2) is 6.06. The lowest BCUT2D eigenvalue weighted by Crippen LogP contribution is -2.15. The standard InChI is InChI=1S/C16H13BrN2O2S/c17-14-8-9-15(16-13(14)7-4-10-18-16)19-22(20,21)11-12-5-2-1-3-6-12/h1-10,19H,11H2. The molecule has 0 saturated carbocycles. The molecule has 1 aromatic heterocycles. The number of halogens is 1. The molecule has 0 fully saturated rings. The van der Waals surface area contributed by atoms with Gasteiger partial charge in [-0.05, 0) is 23.8 Å². The number of anilines is 1. The molecule has 1 heterocycles. The van der Waals surface area contributed by atoms with Gasteiger partial charge in [0.1, 0.15) is 0 Å². The summed E-state index contributed by atoms with van der Waals surface area (Å²) in [5, 5.41) is 0.863. The Morgan fingerprint density at radius 1 is 1.00 bits per heavy atom. The summed E-state index contributed by atoms with van der Waals surface area (Å²) in [6.07, 6.45) is 1.64. The molecule has 4 nitrogen and oxygen atoms in total. The molecule has 0 saturated heterocycles. The van der Waals surface area contributed by atoms with Gasteiger partial charge in [-0.25, -0.2) is 8.42 Å². The minimum Gasteiger partial charge on any atom is -0.281 e. The Balaban J connectivity index is 1.94. The van der Waals surface area contributed by atoms with Crippen LogP contribution in [0.4, 0.5) is 5.69 Å². The first kappa shape index (κ1) is 15.0. The van der Waals surface area contributed by atoms with Crippen LogP contribution in [0.5, 0.6) is 0 Å². The van der Waals surface area contributed by atoms with E-state index in [2.05, 4.69) is 25.6 Å². The largest absolute Gasteiger partial charge is 0.281 e. The van der Waals surface area contributed by atoms with E-state index in [9.17, 15) is 8.42 Å². The van der Waals surface area contributed by atoms with Gasteiger partial charge >= 0.3 is 0 Å². The summed E-state index contributed by atoms with van der Waals surface area (Å²) in [5.41, 5.74) is 1.84. The molecule has 2 aromatic carbocycles. The smallest absolute Gasteiger partial charge is 0.236 e. The van der Waals surface area contributed by atoms with Crippen LogP contribution in [0.25, 0.3) is 10.9 Å². The first-order chi connectivity index (χ1) is 10.6.